The van der Waals surface area contributed by atoms with Crippen molar-refractivity contribution in [2.75, 3.05) is 20.4 Å². The van der Waals surface area contributed by atoms with Gasteiger partial charge in [-0.3, -0.25) is 0 Å². The Hall–Kier alpha value is -1.91. The maximum Gasteiger partial charge on any atom is 0.317 e. The third-order valence-corrected chi connectivity index (χ3v) is 2.35. The van der Waals surface area contributed by atoms with Crippen LogP contribution in [0.5, 0.6) is 11.5 Å². The molecule has 5 nitrogen and oxygen atoms in total. The summed E-state index contributed by atoms with van der Waals surface area (Å²) < 4.78 is 10.5. The first kappa shape index (κ1) is 14.2. The van der Waals surface area contributed by atoms with Crippen molar-refractivity contribution in [2.45, 2.75) is 19.8 Å². The topological polar surface area (TPSA) is 59.6 Å². The number of para-hydroxylation sites is 2. The molecule has 18 heavy (non-hydrogen) atoms. The first-order valence-corrected chi connectivity index (χ1v) is 6.05. The molecule has 0 aliphatic carbocycles. The molecule has 0 atom stereocenters. The van der Waals surface area contributed by atoms with Crippen LogP contribution in [-0.2, 0) is 0 Å². The second kappa shape index (κ2) is 8.22. The lowest BCUT2D eigenvalue weighted by molar-refractivity contribution is 0.221. The van der Waals surface area contributed by atoms with Crippen molar-refractivity contribution < 1.29 is 14.3 Å². The lowest BCUT2D eigenvalue weighted by Gasteiger charge is -2.11. The van der Waals surface area contributed by atoms with Crippen LogP contribution in [0.25, 0.3) is 0 Å². The standard InChI is InChI=1S/C13H20N2O3/c1-3-4-9-14-13(16)15-10-18-12-8-6-5-7-11(12)17-2/h5-8H,3-4,9-10H2,1-2H3,(H2,14,15,16). The van der Waals surface area contributed by atoms with Gasteiger partial charge in [0, 0.05) is 6.54 Å². The first-order valence-electron chi connectivity index (χ1n) is 6.05. The van der Waals surface area contributed by atoms with Crippen LogP contribution < -0.4 is 20.1 Å². The maximum absolute atomic E-state index is 11.3. The van der Waals surface area contributed by atoms with E-state index in [4.69, 9.17) is 9.47 Å². The molecule has 100 valence electrons. The van der Waals surface area contributed by atoms with E-state index in [-0.39, 0.29) is 12.8 Å². The van der Waals surface area contributed by atoms with Crippen molar-refractivity contribution in [3.05, 3.63) is 24.3 Å². The molecule has 2 N–H and O–H groups in total. The number of urea groups is 1. The van der Waals surface area contributed by atoms with Crippen molar-refractivity contribution in [2.24, 2.45) is 0 Å². The number of unbranched alkanes of at least 4 members (excludes halogenated alkanes) is 1. The fraction of sp³-hybridized carbons (Fsp3) is 0.462. The Morgan fingerprint density at radius 2 is 1.94 bits per heavy atom. The van der Waals surface area contributed by atoms with Crippen LogP contribution >= 0.6 is 0 Å². The van der Waals surface area contributed by atoms with E-state index in [1.54, 1.807) is 19.2 Å². The van der Waals surface area contributed by atoms with Gasteiger partial charge in [0.2, 0.25) is 0 Å². The predicted molar refractivity (Wildman–Crippen MR) is 69.9 cm³/mol. The van der Waals surface area contributed by atoms with Crippen molar-refractivity contribution in [3.8, 4) is 11.5 Å². The SMILES string of the molecule is CCCCNC(=O)NCOc1ccccc1OC. The Balaban J connectivity index is 2.26. The Labute approximate surface area is 107 Å². The van der Waals surface area contributed by atoms with Gasteiger partial charge in [-0.1, -0.05) is 25.5 Å². The second-order valence-electron chi connectivity index (χ2n) is 3.73. The van der Waals surface area contributed by atoms with Crippen LogP contribution in [0.15, 0.2) is 24.3 Å². The average molecular weight is 252 g/mol. The molecular weight excluding hydrogens is 232 g/mol. The highest BCUT2D eigenvalue weighted by molar-refractivity contribution is 5.73. The molecule has 0 saturated carbocycles. The molecule has 1 aromatic carbocycles. The molecule has 5 heteroatoms. The summed E-state index contributed by atoms with van der Waals surface area (Å²) in [6.07, 6.45) is 2.03. The van der Waals surface area contributed by atoms with Gasteiger partial charge in [-0.15, -0.1) is 0 Å². The van der Waals surface area contributed by atoms with E-state index in [1.165, 1.54) is 0 Å². The van der Waals surface area contributed by atoms with Crippen LogP contribution in [0, 0.1) is 0 Å². The van der Waals surface area contributed by atoms with E-state index in [9.17, 15) is 4.79 Å². The first-order chi connectivity index (χ1) is 8.77. The van der Waals surface area contributed by atoms with Crippen molar-refractivity contribution >= 4 is 6.03 Å². The number of carbonyl (C=O) groups is 1. The molecule has 0 unspecified atom stereocenters. The van der Waals surface area contributed by atoms with Gasteiger partial charge in [-0.05, 0) is 18.6 Å². The number of benzene rings is 1. The summed E-state index contributed by atoms with van der Waals surface area (Å²) in [7, 11) is 1.58. The summed E-state index contributed by atoms with van der Waals surface area (Å²) in [6, 6.07) is 7.07. The summed E-state index contributed by atoms with van der Waals surface area (Å²) in [5.74, 6) is 1.25. The van der Waals surface area contributed by atoms with Crippen LogP contribution in [0.3, 0.4) is 0 Å². The number of methoxy groups -OCH3 is 1. The lowest BCUT2D eigenvalue weighted by atomic mass is 10.3. The van der Waals surface area contributed by atoms with Crippen LogP contribution in [0.2, 0.25) is 0 Å². The molecule has 1 rings (SSSR count). The van der Waals surface area contributed by atoms with Gasteiger partial charge in [0.05, 0.1) is 7.11 Å². The molecule has 0 bridgehead atoms. The number of hydrogen-bond donors (Lipinski definition) is 2. The van der Waals surface area contributed by atoms with E-state index >= 15 is 0 Å². The van der Waals surface area contributed by atoms with E-state index < -0.39 is 0 Å². The fourth-order valence-electron chi connectivity index (χ4n) is 1.36. The van der Waals surface area contributed by atoms with Crippen molar-refractivity contribution in [1.29, 1.82) is 0 Å². The summed E-state index contributed by atoms with van der Waals surface area (Å²) in [6.45, 7) is 2.86. The average Bonchev–Trinajstić information content (AvgIpc) is 2.39. The van der Waals surface area contributed by atoms with Gasteiger partial charge in [0.15, 0.2) is 18.2 Å². The van der Waals surface area contributed by atoms with E-state index in [0.717, 1.165) is 12.8 Å². The minimum atomic E-state index is -0.224. The molecule has 0 fully saturated rings. The normalized spacial score (nSPS) is 9.67. The number of rotatable bonds is 7. The molecule has 0 heterocycles. The zero-order valence-corrected chi connectivity index (χ0v) is 10.9. The zero-order chi connectivity index (χ0) is 13.2. The minimum absolute atomic E-state index is 0.109. The summed E-state index contributed by atoms with van der Waals surface area (Å²) in [5.41, 5.74) is 0. The third-order valence-electron chi connectivity index (χ3n) is 2.35. The fourth-order valence-corrected chi connectivity index (χ4v) is 1.36. The molecule has 2 amide bonds. The highest BCUT2D eigenvalue weighted by atomic mass is 16.5. The Morgan fingerprint density at radius 1 is 1.22 bits per heavy atom. The monoisotopic (exact) mass is 252 g/mol. The van der Waals surface area contributed by atoms with Crippen LogP contribution in [0.1, 0.15) is 19.8 Å². The molecule has 0 aliphatic heterocycles. The van der Waals surface area contributed by atoms with Crippen LogP contribution in [0.4, 0.5) is 4.79 Å². The van der Waals surface area contributed by atoms with Gasteiger partial charge >= 0.3 is 6.03 Å². The molecule has 0 aromatic heterocycles. The van der Waals surface area contributed by atoms with Crippen molar-refractivity contribution in [1.82, 2.24) is 10.6 Å². The summed E-state index contributed by atoms with van der Waals surface area (Å²) in [4.78, 5) is 11.3. The smallest absolute Gasteiger partial charge is 0.317 e. The van der Waals surface area contributed by atoms with Gasteiger partial charge < -0.3 is 20.1 Å². The Bertz CT molecular complexity index is 369. The third kappa shape index (κ3) is 4.95. The molecule has 0 radical (unpaired) electrons. The number of amides is 2. The van der Waals surface area contributed by atoms with E-state index in [2.05, 4.69) is 17.6 Å². The minimum Gasteiger partial charge on any atom is -0.493 e. The molecule has 1 aromatic rings. The predicted octanol–water partition coefficient (Wildman–Crippen LogP) is 2.13. The summed E-state index contributed by atoms with van der Waals surface area (Å²) >= 11 is 0. The van der Waals surface area contributed by atoms with Gasteiger partial charge in [0.25, 0.3) is 0 Å². The summed E-state index contributed by atoms with van der Waals surface area (Å²) in [5, 5.41) is 5.35. The molecule has 0 saturated heterocycles. The second-order valence-corrected chi connectivity index (χ2v) is 3.73. The Morgan fingerprint density at radius 3 is 2.61 bits per heavy atom. The van der Waals surface area contributed by atoms with Gasteiger partial charge in [-0.2, -0.15) is 0 Å². The highest BCUT2D eigenvalue weighted by Crippen LogP contribution is 2.25. The number of nitrogens with one attached hydrogen (secondary N) is 2. The maximum atomic E-state index is 11.3. The number of hydrogen-bond acceptors (Lipinski definition) is 3. The number of carbonyl (C=O) groups excluding carboxylic acids is 1. The van der Waals surface area contributed by atoms with Crippen molar-refractivity contribution in [3.63, 3.8) is 0 Å². The van der Waals surface area contributed by atoms with Gasteiger partial charge in [-0.25, -0.2) is 4.79 Å². The van der Waals surface area contributed by atoms with E-state index in [1.807, 2.05) is 12.1 Å². The Kier molecular flexibility index (Phi) is 6.46. The molecular formula is C13H20N2O3. The molecule has 0 spiro atoms. The van der Waals surface area contributed by atoms with Gasteiger partial charge in [0.1, 0.15) is 0 Å². The lowest BCUT2D eigenvalue weighted by Crippen LogP contribution is -2.38. The zero-order valence-electron chi connectivity index (χ0n) is 10.9. The van der Waals surface area contributed by atoms with Crippen LogP contribution in [-0.4, -0.2) is 26.4 Å². The highest BCUT2D eigenvalue weighted by Gasteiger charge is 2.03. The largest absolute Gasteiger partial charge is 0.493 e. The van der Waals surface area contributed by atoms with E-state index in [0.29, 0.717) is 18.0 Å². The quantitative estimate of drug-likeness (QED) is 0.577. The molecule has 0 aliphatic rings. The number of ether oxygens (including phenoxy) is 2.